The number of nitrogens with one attached hydrogen (secondary N) is 2. The van der Waals surface area contributed by atoms with E-state index in [1.54, 1.807) is 13.0 Å². The molecule has 2 rings (SSSR count). The Labute approximate surface area is 106 Å². The summed E-state index contributed by atoms with van der Waals surface area (Å²) in [6.45, 7) is 3.60. The lowest BCUT2D eigenvalue weighted by Crippen LogP contribution is -2.24. The molecule has 98 valence electrons. The van der Waals surface area contributed by atoms with Gasteiger partial charge in [-0.25, -0.2) is 4.98 Å². The molecular weight excluding hydrogens is 232 g/mol. The minimum Gasteiger partial charge on any atom is -0.370 e. The van der Waals surface area contributed by atoms with Crippen LogP contribution in [-0.2, 0) is 0 Å². The van der Waals surface area contributed by atoms with E-state index in [0.29, 0.717) is 17.6 Å². The largest absolute Gasteiger partial charge is 0.370 e. The topological polar surface area (TPSA) is 80.1 Å². The molecule has 1 aliphatic heterocycles. The van der Waals surface area contributed by atoms with Crippen molar-refractivity contribution in [3.63, 3.8) is 0 Å². The number of nitrogens with zero attached hydrogens (tertiary/aromatic N) is 2. The van der Waals surface area contributed by atoms with Crippen molar-refractivity contribution in [2.24, 2.45) is 0 Å². The first-order valence-electron chi connectivity index (χ1n) is 6.26. The summed E-state index contributed by atoms with van der Waals surface area (Å²) in [7, 11) is 0. The van der Waals surface area contributed by atoms with Gasteiger partial charge in [-0.2, -0.15) is 0 Å². The molecule has 1 saturated heterocycles. The molecule has 0 spiro atoms. The number of aromatic nitrogens is 1. The lowest BCUT2D eigenvalue weighted by atomic mass is 10.1. The Morgan fingerprint density at radius 3 is 3.06 bits per heavy atom. The first kappa shape index (κ1) is 12.8. The first-order chi connectivity index (χ1) is 8.66. The summed E-state index contributed by atoms with van der Waals surface area (Å²) in [5.74, 6) is 0.705. The van der Waals surface area contributed by atoms with Gasteiger partial charge in [0.15, 0.2) is 0 Å². The van der Waals surface area contributed by atoms with Crippen molar-refractivity contribution in [2.45, 2.75) is 32.2 Å². The molecule has 18 heavy (non-hydrogen) atoms. The first-order valence-corrected chi connectivity index (χ1v) is 6.26. The molecule has 2 heterocycles. The Morgan fingerprint density at radius 1 is 1.61 bits per heavy atom. The molecule has 0 bridgehead atoms. The summed E-state index contributed by atoms with van der Waals surface area (Å²) in [5, 5.41) is 17.3. The van der Waals surface area contributed by atoms with Crippen LogP contribution in [0, 0.1) is 17.0 Å². The normalized spacial score (nSPS) is 18.8. The van der Waals surface area contributed by atoms with E-state index in [1.807, 2.05) is 0 Å². The molecule has 6 nitrogen and oxygen atoms in total. The fourth-order valence-corrected chi connectivity index (χ4v) is 2.22. The molecule has 2 N–H and O–H groups in total. The molecule has 0 aliphatic carbocycles. The van der Waals surface area contributed by atoms with Gasteiger partial charge in [-0.1, -0.05) is 0 Å². The third kappa shape index (κ3) is 3.16. The SMILES string of the molecule is Cc1nc(NCC[C@H]2CCCN2)ccc1[N+](=O)[O-]. The van der Waals surface area contributed by atoms with Crippen LogP contribution in [0.3, 0.4) is 0 Å². The molecular formula is C12H18N4O2. The molecule has 6 heteroatoms. The van der Waals surface area contributed by atoms with Gasteiger partial charge in [0.05, 0.1) is 4.92 Å². The Bertz CT molecular complexity index is 430. The van der Waals surface area contributed by atoms with Crippen LogP contribution in [0.2, 0.25) is 0 Å². The van der Waals surface area contributed by atoms with E-state index in [9.17, 15) is 10.1 Å². The second-order valence-electron chi connectivity index (χ2n) is 4.57. The van der Waals surface area contributed by atoms with Crippen LogP contribution in [0.1, 0.15) is 25.0 Å². The van der Waals surface area contributed by atoms with Crippen LogP contribution < -0.4 is 10.6 Å². The third-order valence-corrected chi connectivity index (χ3v) is 3.22. The van der Waals surface area contributed by atoms with Gasteiger partial charge in [-0.05, 0) is 38.8 Å². The number of nitro groups is 1. The van der Waals surface area contributed by atoms with E-state index < -0.39 is 4.92 Å². The van der Waals surface area contributed by atoms with Gasteiger partial charge in [0.2, 0.25) is 0 Å². The Hall–Kier alpha value is -1.69. The molecule has 0 aromatic carbocycles. The van der Waals surface area contributed by atoms with Crippen molar-refractivity contribution in [1.82, 2.24) is 10.3 Å². The van der Waals surface area contributed by atoms with E-state index in [4.69, 9.17) is 0 Å². The average molecular weight is 250 g/mol. The van der Waals surface area contributed by atoms with Crippen LogP contribution in [0.5, 0.6) is 0 Å². The minimum absolute atomic E-state index is 0.0676. The van der Waals surface area contributed by atoms with Gasteiger partial charge >= 0.3 is 0 Å². The summed E-state index contributed by atoms with van der Waals surface area (Å²) < 4.78 is 0. The molecule has 1 aromatic heterocycles. The van der Waals surface area contributed by atoms with E-state index >= 15 is 0 Å². The Balaban J connectivity index is 1.85. The molecule has 1 aromatic rings. The maximum atomic E-state index is 10.7. The quantitative estimate of drug-likeness (QED) is 0.615. The third-order valence-electron chi connectivity index (χ3n) is 3.22. The van der Waals surface area contributed by atoms with Crippen LogP contribution in [0.15, 0.2) is 12.1 Å². The molecule has 1 fully saturated rings. The predicted octanol–water partition coefficient (Wildman–Crippen LogP) is 1.85. The highest BCUT2D eigenvalue weighted by molar-refractivity contribution is 5.44. The monoisotopic (exact) mass is 250 g/mol. The number of hydrogen-bond donors (Lipinski definition) is 2. The zero-order valence-electron chi connectivity index (χ0n) is 10.5. The van der Waals surface area contributed by atoms with E-state index in [1.165, 1.54) is 18.9 Å². The number of pyridine rings is 1. The summed E-state index contributed by atoms with van der Waals surface area (Å²) in [6, 6.07) is 3.75. The summed E-state index contributed by atoms with van der Waals surface area (Å²) in [6.07, 6.45) is 3.53. The highest BCUT2D eigenvalue weighted by atomic mass is 16.6. The van der Waals surface area contributed by atoms with Crippen molar-refractivity contribution in [3.05, 3.63) is 27.9 Å². The smallest absolute Gasteiger partial charge is 0.290 e. The van der Waals surface area contributed by atoms with Crippen LogP contribution >= 0.6 is 0 Å². The van der Waals surface area contributed by atoms with Crippen LogP contribution in [-0.4, -0.2) is 29.0 Å². The fraction of sp³-hybridized carbons (Fsp3) is 0.583. The van der Waals surface area contributed by atoms with Gasteiger partial charge in [-0.15, -0.1) is 0 Å². The molecule has 0 saturated carbocycles. The summed E-state index contributed by atoms with van der Waals surface area (Å²) in [5.41, 5.74) is 0.516. The Kier molecular flexibility index (Phi) is 4.09. The number of aryl methyl sites for hydroxylation is 1. The zero-order valence-corrected chi connectivity index (χ0v) is 10.5. The second-order valence-corrected chi connectivity index (χ2v) is 4.57. The van der Waals surface area contributed by atoms with E-state index in [0.717, 1.165) is 19.5 Å². The lowest BCUT2D eigenvalue weighted by molar-refractivity contribution is -0.385. The molecule has 0 radical (unpaired) electrons. The van der Waals surface area contributed by atoms with E-state index in [2.05, 4.69) is 15.6 Å². The standard InChI is InChI=1S/C12H18N4O2/c1-9-11(16(17)18)4-5-12(15-9)14-8-6-10-3-2-7-13-10/h4-5,10,13H,2-3,6-8H2,1H3,(H,14,15)/t10-/m1/s1. The highest BCUT2D eigenvalue weighted by Crippen LogP contribution is 2.18. The number of hydrogen-bond acceptors (Lipinski definition) is 5. The Morgan fingerprint density at radius 2 is 2.44 bits per heavy atom. The van der Waals surface area contributed by atoms with Gasteiger partial charge in [0, 0.05) is 18.7 Å². The highest BCUT2D eigenvalue weighted by Gasteiger charge is 2.14. The van der Waals surface area contributed by atoms with Crippen molar-refractivity contribution in [2.75, 3.05) is 18.4 Å². The number of rotatable bonds is 5. The maximum absolute atomic E-state index is 10.7. The zero-order chi connectivity index (χ0) is 13.0. The van der Waals surface area contributed by atoms with Gasteiger partial charge in [-0.3, -0.25) is 10.1 Å². The second kappa shape index (κ2) is 5.77. The maximum Gasteiger partial charge on any atom is 0.290 e. The fourth-order valence-electron chi connectivity index (χ4n) is 2.22. The molecule has 0 amide bonds. The van der Waals surface area contributed by atoms with Crippen LogP contribution in [0.25, 0.3) is 0 Å². The molecule has 1 atom stereocenters. The van der Waals surface area contributed by atoms with Gasteiger partial charge in [0.25, 0.3) is 5.69 Å². The van der Waals surface area contributed by atoms with Crippen molar-refractivity contribution >= 4 is 11.5 Å². The lowest BCUT2D eigenvalue weighted by Gasteiger charge is -2.11. The number of anilines is 1. The van der Waals surface area contributed by atoms with Crippen LogP contribution in [0.4, 0.5) is 11.5 Å². The minimum atomic E-state index is -0.408. The van der Waals surface area contributed by atoms with Crippen molar-refractivity contribution in [1.29, 1.82) is 0 Å². The average Bonchev–Trinajstić information content (AvgIpc) is 2.81. The van der Waals surface area contributed by atoms with Crippen molar-refractivity contribution in [3.8, 4) is 0 Å². The molecule has 0 unspecified atom stereocenters. The van der Waals surface area contributed by atoms with E-state index in [-0.39, 0.29) is 5.69 Å². The molecule has 1 aliphatic rings. The van der Waals surface area contributed by atoms with Gasteiger partial charge < -0.3 is 10.6 Å². The predicted molar refractivity (Wildman–Crippen MR) is 69.8 cm³/mol. The summed E-state index contributed by atoms with van der Waals surface area (Å²) in [4.78, 5) is 14.4. The van der Waals surface area contributed by atoms with Crippen molar-refractivity contribution < 1.29 is 4.92 Å². The summed E-state index contributed by atoms with van der Waals surface area (Å²) >= 11 is 0. The van der Waals surface area contributed by atoms with Gasteiger partial charge in [0.1, 0.15) is 11.5 Å².